The Hall–Kier alpha value is -0.430. The van der Waals surface area contributed by atoms with Crippen LogP contribution in [0.15, 0.2) is 15.9 Å². The maximum absolute atomic E-state index is 11.7. The lowest BCUT2D eigenvalue weighted by molar-refractivity contribution is -0.0777. The highest BCUT2D eigenvalue weighted by molar-refractivity contribution is 9.10. The number of hydrogen-bond acceptors (Lipinski definition) is 4. The zero-order chi connectivity index (χ0) is 10.1. The highest BCUT2D eigenvalue weighted by Gasteiger charge is 2.28. The molecule has 76 valence electrons. The van der Waals surface area contributed by atoms with Crippen LogP contribution in [0.5, 0.6) is 0 Å². The van der Waals surface area contributed by atoms with Crippen LogP contribution in [0.3, 0.4) is 0 Å². The Morgan fingerprint density at radius 3 is 3.07 bits per heavy atom. The van der Waals surface area contributed by atoms with E-state index in [1.54, 1.807) is 0 Å². The van der Waals surface area contributed by atoms with E-state index < -0.39 is 6.10 Å². The van der Waals surface area contributed by atoms with Gasteiger partial charge in [0, 0.05) is 4.47 Å². The summed E-state index contributed by atoms with van der Waals surface area (Å²) in [6.45, 7) is 0.428. The van der Waals surface area contributed by atoms with Crippen LogP contribution < -0.4 is 0 Å². The molecule has 2 rings (SSSR count). The molecule has 2 heterocycles. The lowest BCUT2D eigenvalue weighted by Gasteiger charge is -2.12. The molecule has 0 bridgehead atoms. The number of carbonyl (C=O) groups is 1. The fourth-order valence-electron chi connectivity index (χ4n) is 1.17. The highest BCUT2D eigenvalue weighted by atomic mass is 79.9. The van der Waals surface area contributed by atoms with Crippen LogP contribution in [0.2, 0.25) is 0 Å². The van der Waals surface area contributed by atoms with Gasteiger partial charge in [-0.15, -0.1) is 11.3 Å². The predicted molar refractivity (Wildman–Crippen MR) is 55.0 cm³/mol. The minimum atomic E-state index is -0.572. The smallest absolute Gasteiger partial charge is 0.288 e. The van der Waals surface area contributed by atoms with Gasteiger partial charge in [0.25, 0.3) is 5.91 Å². The molecule has 1 aromatic heterocycles. The first-order chi connectivity index (χ1) is 6.68. The van der Waals surface area contributed by atoms with Gasteiger partial charge in [0.05, 0.1) is 6.54 Å². The number of halogens is 1. The van der Waals surface area contributed by atoms with E-state index in [2.05, 4.69) is 15.9 Å². The van der Waals surface area contributed by atoms with Crippen LogP contribution in [0.1, 0.15) is 9.67 Å². The molecule has 0 unspecified atom stereocenters. The van der Waals surface area contributed by atoms with Crippen molar-refractivity contribution in [3.05, 3.63) is 20.8 Å². The van der Waals surface area contributed by atoms with Gasteiger partial charge in [0.15, 0.2) is 0 Å². The molecule has 1 N–H and O–H groups in total. The lowest BCUT2D eigenvalue weighted by Crippen LogP contribution is -2.27. The second-order valence-electron chi connectivity index (χ2n) is 2.91. The number of carbonyl (C=O) groups excluding carboxylic acids is 1. The van der Waals surface area contributed by atoms with E-state index in [1.807, 2.05) is 11.4 Å². The summed E-state index contributed by atoms with van der Waals surface area (Å²) in [5.74, 6) is -0.205. The quantitative estimate of drug-likeness (QED) is 0.841. The summed E-state index contributed by atoms with van der Waals surface area (Å²) >= 11 is 4.62. The van der Waals surface area contributed by atoms with Crippen LogP contribution >= 0.6 is 27.3 Å². The fraction of sp³-hybridized carbons (Fsp3) is 0.375. The van der Waals surface area contributed by atoms with Gasteiger partial charge < -0.3 is 5.11 Å². The summed E-state index contributed by atoms with van der Waals surface area (Å²) in [4.78, 5) is 17.4. The van der Waals surface area contributed by atoms with Crippen molar-refractivity contribution in [1.82, 2.24) is 5.06 Å². The number of β-amino-alcohol motifs (C(OH)–C–C–N with tert-alkyl or cyclic N) is 1. The molecule has 1 aliphatic rings. The van der Waals surface area contributed by atoms with Crippen LogP contribution in [0, 0.1) is 0 Å². The molecular weight excluding hydrogens is 270 g/mol. The summed E-state index contributed by atoms with van der Waals surface area (Å²) in [6.07, 6.45) is -0.572. The average Bonchev–Trinajstić information content (AvgIpc) is 2.73. The molecule has 1 aliphatic heterocycles. The number of nitrogens with zero attached hydrogens (tertiary/aromatic N) is 1. The molecule has 14 heavy (non-hydrogen) atoms. The van der Waals surface area contributed by atoms with Crippen molar-refractivity contribution in [2.24, 2.45) is 0 Å². The fourth-order valence-corrected chi connectivity index (χ4v) is 2.65. The van der Waals surface area contributed by atoms with Crippen molar-refractivity contribution < 1.29 is 14.7 Å². The Morgan fingerprint density at radius 2 is 2.57 bits per heavy atom. The maximum atomic E-state index is 11.7. The van der Waals surface area contributed by atoms with Crippen LogP contribution in [0.25, 0.3) is 0 Å². The summed E-state index contributed by atoms with van der Waals surface area (Å²) < 4.78 is 0.762. The number of rotatable bonds is 1. The molecule has 1 aromatic rings. The van der Waals surface area contributed by atoms with E-state index in [9.17, 15) is 9.90 Å². The van der Waals surface area contributed by atoms with Gasteiger partial charge in [-0.25, -0.2) is 5.06 Å². The van der Waals surface area contributed by atoms with Gasteiger partial charge in [0.1, 0.15) is 17.6 Å². The SMILES string of the molecule is O=C(c1sccc1Br)N1C[C@@H](O)CO1. The molecule has 6 heteroatoms. The van der Waals surface area contributed by atoms with Crippen LogP contribution in [0.4, 0.5) is 0 Å². The summed E-state index contributed by atoms with van der Waals surface area (Å²) in [6, 6.07) is 1.81. The predicted octanol–water partition coefficient (Wildman–Crippen LogP) is 1.26. The number of aliphatic hydroxyl groups is 1. The molecule has 4 nitrogen and oxygen atoms in total. The molecule has 0 saturated carbocycles. The third-order valence-electron chi connectivity index (χ3n) is 1.84. The molecular formula is C8H8BrNO3S. The van der Waals surface area contributed by atoms with Crippen LogP contribution in [-0.2, 0) is 4.84 Å². The topological polar surface area (TPSA) is 49.8 Å². The van der Waals surface area contributed by atoms with Crippen molar-refractivity contribution >= 4 is 33.2 Å². The monoisotopic (exact) mass is 277 g/mol. The van der Waals surface area contributed by atoms with E-state index in [4.69, 9.17) is 4.84 Å². The number of aliphatic hydroxyl groups excluding tert-OH is 1. The molecule has 1 fully saturated rings. The average molecular weight is 278 g/mol. The molecule has 1 atom stereocenters. The Morgan fingerprint density at radius 1 is 1.79 bits per heavy atom. The molecule has 0 spiro atoms. The summed E-state index contributed by atoms with van der Waals surface area (Å²) in [5, 5.41) is 12.2. The highest BCUT2D eigenvalue weighted by Crippen LogP contribution is 2.25. The van der Waals surface area contributed by atoms with Crippen molar-refractivity contribution in [2.75, 3.05) is 13.2 Å². The van der Waals surface area contributed by atoms with Crippen LogP contribution in [-0.4, -0.2) is 35.3 Å². The van der Waals surface area contributed by atoms with E-state index in [-0.39, 0.29) is 19.1 Å². The van der Waals surface area contributed by atoms with Gasteiger partial charge >= 0.3 is 0 Å². The van der Waals surface area contributed by atoms with E-state index in [0.717, 1.165) is 4.47 Å². The van der Waals surface area contributed by atoms with Crippen molar-refractivity contribution in [2.45, 2.75) is 6.10 Å². The first-order valence-corrected chi connectivity index (χ1v) is 5.71. The van der Waals surface area contributed by atoms with Crippen molar-refractivity contribution in [3.63, 3.8) is 0 Å². The molecule has 0 aromatic carbocycles. The summed E-state index contributed by atoms with van der Waals surface area (Å²) in [7, 11) is 0. The number of amides is 1. The van der Waals surface area contributed by atoms with Crippen molar-refractivity contribution in [1.29, 1.82) is 0 Å². The Kier molecular flexibility index (Phi) is 2.87. The summed E-state index contributed by atoms with van der Waals surface area (Å²) in [5.41, 5.74) is 0. The Labute approximate surface area is 93.2 Å². The second kappa shape index (κ2) is 3.98. The number of thiophene rings is 1. The largest absolute Gasteiger partial charge is 0.389 e. The van der Waals surface area contributed by atoms with Gasteiger partial charge in [-0.05, 0) is 27.4 Å². The van der Waals surface area contributed by atoms with E-state index in [1.165, 1.54) is 16.4 Å². The minimum absolute atomic E-state index is 0.189. The zero-order valence-corrected chi connectivity index (χ0v) is 9.55. The third kappa shape index (κ3) is 1.83. The van der Waals surface area contributed by atoms with E-state index in [0.29, 0.717) is 4.88 Å². The second-order valence-corrected chi connectivity index (χ2v) is 4.68. The number of hydrogen-bond donors (Lipinski definition) is 1. The number of hydroxylamine groups is 2. The molecule has 1 amide bonds. The van der Waals surface area contributed by atoms with E-state index >= 15 is 0 Å². The van der Waals surface area contributed by atoms with Gasteiger partial charge in [-0.3, -0.25) is 9.63 Å². The standard InChI is InChI=1S/C8H8BrNO3S/c9-6-1-2-14-7(6)8(12)10-3-5(11)4-13-10/h1-2,5,11H,3-4H2/t5-/m1/s1. The Balaban J connectivity index is 2.13. The lowest BCUT2D eigenvalue weighted by atomic mass is 10.4. The molecule has 0 aliphatic carbocycles. The molecule has 0 radical (unpaired) electrons. The minimum Gasteiger partial charge on any atom is -0.389 e. The van der Waals surface area contributed by atoms with Gasteiger partial charge in [0.2, 0.25) is 0 Å². The first-order valence-electron chi connectivity index (χ1n) is 4.04. The van der Waals surface area contributed by atoms with Gasteiger partial charge in [-0.2, -0.15) is 0 Å². The normalized spacial score (nSPS) is 21.6. The third-order valence-corrected chi connectivity index (χ3v) is 3.66. The maximum Gasteiger partial charge on any atom is 0.288 e. The Bertz CT molecular complexity index is 354. The molecule has 1 saturated heterocycles. The van der Waals surface area contributed by atoms with Crippen molar-refractivity contribution in [3.8, 4) is 0 Å². The first kappa shape index (κ1) is 10.1. The van der Waals surface area contributed by atoms with Gasteiger partial charge in [-0.1, -0.05) is 0 Å². The zero-order valence-electron chi connectivity index (χ0n) is 7.14.